The fraction of sp³-hybridized carbons (Fsp3) is 0.214. The molecule has 3 aromatic rings. The third kappa shape index (κ3) is 3.12. The van der Waals surface area contributed by atoms with Gasteiger partial charge in [0, 0.05) is 16.6 Å². The lowest BCUT2D eigenvalue weighted by molar-refractivity contribution is 0.557. The van der Waals surface area contributed by atoms with Crippen molar-refractivity contribution in [2.45, 2.75) is 19.5 Å². The van der Waals surface area contributed by atoms with E-state index >= 15 is 0 Å². The monoisotopic (exact) mass is 320 g/mol. The zero-order chi connectivity index (χ0) is 14.8. The van der Waals surface area contributed by atoms with Crippen LogP contribution in [0.25, 0.3) is 10.9 Å². The minimum atomic E-state index is -0.157. The van der Waals surface area contributed by atoms with Gasteiger partial charge in [-0.1, -0.05) is 11.6 Å². The number of benzene rings is 1. The van der Waals surface area contributed by atoms with E-state index in [1.54, 1.807) is 35.7 Å². The molecule has 7 heteroatoms. The zero-order valence-electron chi connectivity index (χ0n) is 11.3. The second-order valence-corrected chi connectivity index (χ2v) is 6.01. The SMILES string of the molecule is CC(NCc1nc2cc(Cl)ccc2c(=O)[nH]1)c1nccs1. The Balaban J connectivity index is 1.83. The summed E-state index contributed by atoms with van der Waals surface area (Å²) in [4.78, 5) is 23.5. The van der Waals surface area contributed by atoms with Gasteiger partial charge in [0.05, 0.1) is 23.5 Å². The number of nitrogens with zero attached hydrogens (tertiary/aromatic N) is 2. The van der Waals surface area contributed by atoms with Gasteiger partial charge in [0.15, 0.2) is 0 Å². The number of nitrogens with one attached hydrogen (secondary N) is 2. The Morgan fingerprint density at radius 3 is 3.10 bits per heavy atom. The molecular formula is C14H13ClN4OS. The highest BCUT2D eigenvalue weighted by Gasteiger charge is 2.09. The molecule has 0 fully saturated rings. The van der Waals surface area contributed by atoms with Crippen molar-refractivity contribution in [3.63, 3.8) is 0 Å². The van der Waals surface area contributed by atoms with Crippen LogP contribution in [-0.2, 0) is 6.54 Å². The third-order valence-electron chi connectivity index (χ3n) is 3.12. The van der Waals surface area contributed by atoms with Crippen LogP contribution >= 0.6 is 22.9 Å². The molecule has 0 saturated heterocycles. The van der Waals surface area contributed by atoms with Gasteiger partial charge in [-0.15, -0.1) is 11.3 Å². The molecule has 0 spiro atoms. The lowest BCUT2D eigenvalue weighted by atomic mass is 10.2. The summed E-state index contributed by atoms with van der Waals surface area (Å²) in [5, 5.41) is 7.33. The molecule has 1 unspecified atom stereocenters. The molecule has 0 radical (unpaired) electrons. The van der Waals surface area contributed by atoms with Crippen molar-refractivity contribution >= 4 is 33.8 Å². The molecule has 2 N–H and O–H groups in total. The van der Waals surface area contributed by atoms with Gasteiger partial charge >= 0.3 is 0 Å². The molecule has 0 aliphatic carbocycles. The summed E-state index contributed by atoms with van der Waals surface area (Å²) < 4.78 is 0. The number of H-pyrrole nitrogens is 1. The molecule has 1 aromatic carbocycles. The van der Waals surface area contributed by atoms with Gasteiger partial charge in [0.25, 0.3) is 5.56 Å². The van der Waals surface area contributed by atoms with Crippen LogP contribution in [0.4, 0.5) is 0 Å². The van der Waals surface area contributed by atoms with Crippen molar-refractivity contribution in [1.82, 2.24) is 20.3 Å². The van der Waals surface area contributed by atoms with E-state index in [1.807, 2.05) is 12.3 Å². The number of fused-ring (bicyclic) bond motifs is 1. The van der Waals surface area contributed by atoms with Crippen molar-refractivity contribution in [2.24, 2.45) is 0 Å². The standard InChI is InChI=1S/C14H13ClN4OS/c1-8(14-16-4-5-21-14)17-7-12-18-11-6-9(15)2-3-10(11)13(20)19-12/h2-6,8,17H,7H2,1H3,(H,18,19,20). The average molecular weight is 321 g/mol. The van der Waals surface area contributed by atoms with Crippen molar-refractivity contribution in [3.05, 3.63) is 56.0 Å². The number of aromatic amines is 1. The first kappa shape index (κ1) is 14.2. The van der Waals surface area contributed by atoms with Gasteiger partial charge in [0.2, 0.25) is 0 Å². The number of rotatable bonds is 4. The molecule has 108 valence electrons. The summed E-state index contributed by atoms with van der Waals surface area (Å²) in [7, 11) is 0. The first-order valence-electron chi connectivity index (χ1n) is 6.45. The minimum Gasteiger partial charge on any atom is -0.309 e. The number of hydrogen-bond donors (Lipinski definition) is 2. The Morgan fingerprint density at radius 1 is 1.48 bits per heavy atom. The first-order valence-corrected chi connectivity index (χ1v) is 7.70. The van der Waals surface area contributed by atoms with Crippen LogP contribution in [0.5, 0.6) is 0 Å². The maximum Gasteiger partial charge on any atom is 0.258 e. The second-order valence-electron chi connectivity index (χ2n) is 4.65. The predicted octanol–water partition coefficient (Wildman–Crippen LogP) is 2.88. The summed E-state index contributed by atoms with van der Waals surface area (Å²) in [5.74, 6) is 0.582. The number of thiazole rings is 1. The highest BCUT2D eigenvalue weighted by atomic mass is 35.5. The predicted molar refractivity (Wildman–Crippen MR) is 84.7 cm³/mol. The normalized spacial score (nSPS) is 12.7. The van der Waals surface area contributed by atoms with Crippen LogP contribution in [0.2, 0.25) is 5.02 Å². The van der Waals surface area contributed by atoms with Gasteiger partial charge < -0.3 is 10.3 Å². The molecule has 0 bridgehead atoms. The summed E-state index contributed by atoms with van der Waals surface area (Å²) in [6, 6.07) is 5.16. The topological polar surface area (TPSA) is 70.7 Å². The van der Waals surface area contributed by atoms with Crippen molar-refractivity contribution in [3.8, 4) is 0 Å². The smallest absolute Gasteiger partial charge is 0.258 e. The van der Waals surface area contributed by atoms with E-state index in [1.165, 1.54) is 0 Å². The molecule has 21 heavy (non-hydrogen) atoms. The van der Waals surface area contributed by atoms with E-state index in [9.17, 15) is 4.79 Å². The molecule has 5 nitrogen and oxygen atoms in total. The van der Waals surface area contributed by atoms with Crippen LogP contribution < -0.4 is 10.9 Å². The van der Waals surface area contributed by atoms with Crippen molar-refractivity contribution < 1.29 is 0 Å². The Hall–Kier alpha value is -1.76. The first-order chi connectivity index (χ1) is 10.1. The lowest BCUT2D eigenvalue weighted by Crippen LogP contribution is -2.22. The molecule has 0 aliphatic rings. The van der Waals surface area contributed by atoms with E-state index in [2.05, 4.69) is 20.3 Å². The maximum absolute atomic E-state index is 12.0. The van der Waals surface area contributed by atoms with Crippen LogP contribution in [0, 0.1) is 0 Å². The summed E-state index contributed by atoms with van der Waals surface area (Å²) in [6.45, 7) is 2.48. The van der Waals surface area contributed by atoms with Crippen LogP contribution in [-0.4, -0.2) is 15.0 Å². The zero-order valence-corrected chi connectivity index (χ0v) is 12.8. The quantitative estimate of drug-likeness (QED) is 0.775. The van der Waals surface area contributed by atoms with Crippen LogP contribution in [0.1, 0.15) is 23.8 Å². The van der Waals surface area contributed by atoms with E-state index in [0.29, 0.717) is 28.3 Å². The molecule has 2 heterocycles. The number of hydrogen-bond acceptors (Lipinski definition) is 5. The summed E-state index contributed by atoms with van der Waals surface area (Å²) in [5.41, 5.74) is 0.445. The van der Waals surface area contributed by atoms with Gasteiger partial charge in [-0.3, -0.25) is 4.79 Å². The Morgan fingerprint density at radius 2 is 2.33 bits per heavy atom. The molecular weight excluding hydrogens is 308 g/mol. The second kappa shape index (κ2) is 5.93. The Kier molecular flexibility index (Phi) is 4.01. The summed E-state index contributed by atoms with van der Waals surface area (Å²) >= 11 is 7.53. The summed E-state index contributed by atoms with van der Waals surface area (Å²) in [6.07, 6.45) is 1.77. The largest absolute Gasteiger partial charge is 0.309 e. The van der Waals surface area contributed by atoms with E-state index in [0.717, 1.165) is 5.01 Å². The molecule has 1 atom stereocenters. The highest BCUT2D eigenvalue weighted by molar-refractivity contribution is 7.09. The van der Waals surface area contributed by atoms with E-state index in [4.69, 9.17) is 11.6 Å². The Labute approximate surface area is 130 Å². The molecule has 3 rings (SSSR count). The van der Waals surface area contributed by atoms with Crippen molar-refractivity contribution in [1.29, 1.82) is 0 Å². The highest BCUT2D eigenvalue weighted by Crippen LogP contribution is 2.16. The van der Waals surface area contributed by atoms with Crippen molar-refractivity contribution in [2.75, 3.05) is 0 Å². The maximum atomic E-state index is 12.0. The molecule has 0 saturated carbocycles. The Bertz CT molecular complexity index is 815. The van der Waals surface area contributed by atoms with Gasteiger partial charge in [-0.05, 0) is 25.1 Å². The fourth-order valence-electron chi connectivity index (χ4n) is 2.03. The molecule has 2 aromatic heterocycles. The van der Waals surface area contributed by atoms with Gasteiger partial charge in [-0.25, -0.2) is 9.97 Å². The third-order valence-corrected chi connectivity index (χ3v) is 4.31. The van der Waals surface area contributed by atoms with Gasteiger partial charge in [-0.2, -0.15) is 0 Å². The molecule has 0 aliphatic heterocycles. The van der Waals surface area contributed by atoms with Crippen LogP contribution in [0.15, 0.2) is 34.6 Å². The number of aromatic nitrogens is 3. The van der Waals surface area contributed by atoms with Gasteiger partial charge in [0.1, 0.15) is 10.8 Å². The van der Waals surface area contributed by atoms with E-state index in [-0.39, 0.29) is 11.6 Å². The van der Waals surface area contributed by atoms with E-state index < -0.39 is 0 Å². The molecule has 0 amide bonds. The number of halogens is 1. The minimum absolute atomic E-state index is 0.102. The fourth-order valence-corrected chi connectivity index (χ4v) is 2.87. The van der Waals surface area contributed by atoms with Crippen LogP contribution in [0.3, 0.4) is 0 Å². The average Bonchev–Trinajstić information content (AvgIpc) is 2.98. The lowest BCUT2D eigenvalue weighted by Gasteiger charge is -2.10.